The highest BCUT2D eigenvalue weighted by Crippen LogP contribution is 2.21. The third kappa shape index (κ3) is 4.09. The molecule has 0 bridgehead atoms. The topological polar surface area (TPSA) is 37.3 Å². The summed E-state index contributed by atoms with van der Waals surface area (Å²) in [6.45, 7) is 9.43. The van der Waals surface area contributed by atoms with Crippen LogP contribution in [-0.2, 0) is 4.79 Å². The lowest BCUT2D eigenvalue weighted by molar-refractivity contribution is -0.132. The smallest absolute Gasteiger partial charge is 0.332 e. The fourth-order valence-corrected chi connectivity index (χ4v) is 1.75. The number of carboxylic acids is 1. The maximum Gasteiger partial charge on any atom is 0.332 e. The molecule has 3 heteroatoms. The van der Waals surface area contributed by atoms with Crippen molar-refractivity contribution >= 4 is 17.7 Å². The Morgan fingerprint density at radius 3 is 2.18 bits per heavy atom. The number of rotatable bonds is 4. The molecule has 0 aromatic heterocycles. The SMILES string of the molecule is C=C(C(=O)O)C(C)SC(C)C. The summed E-state index contributed by atoms with van der Waals surface area (Å²) >= 11 is 1.61. The largest absolute Gasteiger partial charge is 0.478 e. The van der Waals surface area contributed by atoms with Crippen molar-refractivity contribution in [2.45, 2.75) is 31.3 Å². The van der Waals surface area contributed by atoms with Crippen molar-refractivity contribution in [3.05, 3.63) is 12.2 Å². The molecule has 0 aliphatic heterocycles. The highest BCUT2D eigenvalue weighted by Gasteiger charge is 2.14. The first-order chi connectivity index (χ1) is 4.95. The summed E-state index contributed by atoms with van der Waals surface area (Å²) in [6, 6.07) is 0. The van der Waals surface area contributed by atoms with Gasteiger partial charge in [-0.1, -0.05) is 20.4 Å². The van der Waals surface area contributed by atoms with E-state index in [1.807, 2.05) is 20.8 Å². The first kappa shape index (κ1) is 10.6. The second-order valence-electron chi connectivity index (χ2n) is 2.66. The van der Waals surface area contributed by atoms with E-state index in [1.54, 1.807) is 11.8 Å². The number of aliphatic carboxylic acids is 1. The molecule has 11 heavy (non-hydrogen) atoms. The summed E-state index contributed by atoms with van der Waals surface area (Å²) in [7, 11) is 0. The van der Waals surface area contributed by atoms with Gasteiger partial charge in [-0.15, -0.1) is 0 Å². The number of carbonyl (C=O) groups is 1. The zero-order valence-electron chi connectivity index (χ0n) is 7.13. The van der Waals surface area contributed by atoms with Gasteiger partial charge in [-0.25, -0.2) is 4.79 Å². The lowest BCUT2D eigenvalue weighted by Gasteiger charge is -2.12. The normalized spacial score (nSPS) is 13.1. The van der Waals surface area contributed by atoms with E-state index in [1.165, 1.54) is 0 Å². The Bertz CT molecular complexity index is 163. The van der Waals surface area contributed by atoms with E-state index in [9.17, 15) is 4.79 Å². The van der Waals surface area contributed by atoms with E-state index < -0.39 is 5.97 Å². The average Bonchev–Trinajstić information content (AvgIpc) is 1.84. The van der Waals surface area contributed by atoms with Crippen molar-refractivity contribution in [1.82, 2.24) is 0 Å². The molecule has 0 aromatic rings. The van der Waals surface area contributed by atoms with Crippen LogP contribution in [0.5, 0.6) is 0 Å². The van der Waals surface area contributed by atoms with Crippen LogP contribution in [0.4, 0.5) is 0 Å². The summed E-state index contributed by atoms with van der Waals surface area (Å²) in [6.07, 6.45) is 0. The molecule has 0 amide bonds. The van der Waals surface area contributed by atoms with E-state index in [2.05, 4.69) is 6.58 Å². The van der Waals surface area contributed by atoms with E-state index in [0.717, 1.165) is 0 Å². The van der Waals surface area contributed by atoms with Crippen LogP contribution in [0.1, 0.15) is 20.8 Å². The zero-order valence-corrected chi connectivity index (χ0v) is 7.94. The van der Waals surface area contributed by atoms with Crippen molar-refractivity contribution in [3.8, 4) is 0 Å². The minimum atomic E-state index is -0.898. The number of hydrogen-bond donors (Lipinski definition) is 1. The molecule has 64 valence electrons. The zero-order chi connectivity index (χ0) is 9.02. The Balaban J connectivity index is 3.93. The third-order valence-corrected chi connectivity index (χ3v) is 2.48. The first-order valence-corrected chi connectivity index (χ1v) is 4.47. The summed E-state index contributed by atoms with van der Waals surface area (Å²) in [5.74, 6) is -0.898. The predicted octanol–water partition coefficient (Wildman–Crippen LogP) is 2.16. The molecule has 0 fully saturated rings. The van der Waals surface area contributed by atoms with Crippen LogP contribution in [-0.4, -0.2) is 21.6 Å². The molecule has 1 atom stereocenters. The van der Waals surface area contributed by atoms with Crippen LogP contribution in [0.2, 0.25) is 0 Å². The third-order valence-electron chi connectivity index (χ3n) is 1.24. The Morgan fingerprint density at radius 2 is 1.91 bits per heavy atom. The minimum absolute atomic E-state index is 0.00694. The molecule has 1 N–H and O–H groups in total. The predicted molar refractivity (Wildman–Crippen MR) is 49.0 cm³/mol. The van der Waals surface area contributed by atoms with Gasteiger partial charge in [0, 0.05) is 10.8 Å². The molecule has 1 unspecified atom stereocenters. The molecular formula is C8H14O2S. The van der Waals surface area contributed by atoms with Gasteiger partial charge in [0.2, 0.25) is 0 Å². The summed E-state index contributed by atoms with van der Waals surface area (Å²) in [5.41, 5.74) is 0.281. The Kier molecular flexibility index (Phi) is 4.26. The molecule has 2 nitrogen and oxygen atoms in total. The second kappa shape index (κ2) is 4.44. The van der Waals surface area contributed by atoms with Gasteiger partial charge in [0.1, 0.15) is 0 Å². The molecule has 0 radical (unpaired) electrons. The van der Waals surface area contributed by atoms with Gasteiger partial charge in [0.15, 0.2) is 0 Å². The summed E-state index contributed by atoms with van der Waals surface area (Å²) < 4.78 is 0. The Morgan fingerprint density at radius 1 is 1.45 bits per heavy atom. The van der Waals surface area contributed by atoms with Crippen LogP contribution in [0, 0.1) is 0 Å². The molecule has 0 spiro atoms. The fourth-order valence-electron chi connectivity index (χ4n) is 0.664. The minimum Gasteiger partial charge on any atom is -0.478 e. The van der Waals surface area contributed by atoms with Crippen LogP contribution >= 0.6 is 11.8 Å². The van der Waals surface area contributed by atoms with Crippen molar-refractivity contribution in [1.29, 1.82) is 0 Å². The highest BCUT2D eigenvalue weighted by atomic mass is 32.2. The fraction of sp³-hybridized carbons (Fsp3) is 0.625. The van der Waals surface area contributed by atoms with Gasteiger partial charge in [0.05, 0.1) is 0 Å². The number of thioether (sulfide) groups is 1. The molecule has 0 rings (SSSR count). The molecule has 0 saturated heterocycles. The molecule has 0 saturated carbocycles. The second-order valence-corrected chi connectivity index (χ2v) is 4.58. The quantitative estimate of drug-likeness (QED) is 0.663. The van der Waals surface area contributed by atoms with Crippen molar-refractivity contribution < 1.29 is 9.90 Å². The van der Waals surface area contributed by atoms with Gasteiger partial charge >= 0.3 is 5.97 Å². The van der Waals surface area contributed by atoms with Crippen LogP contribution in [0.3, 0.4) is 0 Å². The summed E-state index contributed by atoms with van der Waals surface area (Å²) in [4.78, 5) is 10.4. The Hall–Kier alpha value is -0.440. The van der Waals surface area contributed by atoms with Crippen LogP contribution in [0.25, 0.3) is 0 Å². The van der Waals surface area contributed by atoms with Crippen molar-refractivity contribution in [2.24, 2.45) is 0 Å². The first-order valence-electron chi connectivity index (χ1n) is 3.52. The molecule has 0 aliphatic carbocycles. The lowest BCUT2D eigenvalue weighted by Crippen LogP contribution is -2.12. The van der Waals surface area contributed by atoms with Crippen molar-refractivity contribution in [3.63, 3.8) is 0 Å². The van der Waals surface area contributed by atoms with E-state index in [0.29, 0.717) is 5.25 Å². The lowest BCUT2D eigenvalue weighted by atomic mass is 10.2. The van der Waals surface area contributed by atoms with Gasteiger partial charge in [-0.05, 0) is 12.2 Å². The maximum atomic E-state index is 10.4. The number of carboxylic acid groups (broad SMARTS) is 1. The van der Waals surface area contributed by atoms with E-state index in [4.69, 9.17) is 5.11 Å². The van der Waals surface area contributed by atoms with E-state index >= 15 is 0 Å². The molecular weight excluding hydrogens is 160 g/mol. The summed E-state index contributed by atoms with van der Waals surface area (Å²) in [5, 5.41) is 9.00. The molecule has 0 aromatic carbocycles. The average molecular weight is 174 g/mol. The number of hydrogen-bond acceptors (Lipinski definition) is 2. The monoisotopic (exact) mass is 174 g/mol. The van der Waals surface area contributed by atoms with Gasteiger partial charge < -0.3 is 5.11 Å². The molecule has 0 heterocycles. The van der Waals surface area contributed by atoms with Gasteiger partial charge in [-0.2, -0.15) is 11.8 Å². The standard InChI is InChI=1S/C8H14O2S/c1-5(2)11-7(4)6(3)8(9)10/h5,7H,3H2,1-2,4H3,(H,9,10). The van der Waals surface area contributed by atoms with Crippen LogP contribution in [0.15, 0.2) is 12.2 Å². The van der Waals surface area contributed by atoms with Gasteiger partial charge in [-0.3, -0.25) is 0 Å². The molecule has 0 aliphatic rings. The van der Waals surface area contributed by atoms with Gasteiger partial charge in [0.25, 0.3) is 0 Å². The van der Waals surface area contributed by atoms with Crippen LogP contribution < -0.4 is 0 Å². The Labute approximate surface area is 71.7 Å². The maximum absolute atomic E-state index is 10.4. The van der Waals surface area contributed by atoms with Crippen molar-refractivity contribution in [2.75, 3.05) is 0 Å². The van der Waals surface area contributed by atoms with E-state index in [-0.39, 0.29) is 10.8 Å². The highest BCUT2D eigenvalue weighted by molar-refractivity contribution is 8.00.